The normalized spacial score (nSPS) is 34.1. The van der Waals surface area contributed by atoms with Crippen molar-refractivity contribution < 1.29 is 8.95 Å². The van der Waals surface area contributed by atoms with E-state index in [1.807, 2.05) is 0 Å². The summed E-state index contributed by atoms with van der Waals surface area (Å²) < 4.78 is 15.9. The molecule has 10 heavy (non-hydrogen) atoms. The van der Waals surface area contributed by atoms with Crippen LogP contribution in [0.5, 0.6) is 0 Å². The van der Waals surface area contributed by atoms with E-state index >= 15 is 0 Å². The zero-order valence-electron chi connectivity index (χ0n) is 6.13. The summed E-state index contributed by atoms with van der Waals surface area (Å²) in [4.78, 5) is 0. The maximum absolute atomic E-state index is 11.0. The van der Waals surface area contributed by atoms with E-state index in [-0.39, 0.29) is 0 Å². The second-order valence-corrected chi connectivity index (χ2v) is 4.04. The van der Waals surface area contributed by atoms with Gasteiger partial charge in [0.05, 0.1) is 6.61 Å². The fourth-order valence-corrected chi connectivity index (χ4v) is 2.23. The fraction of sp³-hybridized carbons (Fsp3) is 1.00. The van der Waals surface area contributed by atoms with Crippen LogP contribution in [0.4, 0.5) is 0 Å². The van der Waals surface area contributed by atoms with Gasteiger partial charge in [-0.15, -0.1) is 0 Å². The van der Waals surface area contributed by atoms with E-state index in [2.05, 4.69) is 5.32 Å². The summed E-state index contributed by atoms with van der Waals surface area (Å²) in [6.45, 7) is 1.53. The molecule has 2 unspecified atom stereocenters. The molecular weight excluding hydrogens is 150 g/mol. The van der Waals surface area contributed by atoms with E-state index in [1.54, 1.807) is 7.11 Å². The zero-order valence-corrected chi connectivity index (χ0v) is 6.95. The van der Waals surface area contributed by atoms with Crippen molar-refractivity contribution in [3.63, 3.8) is 0 Å². The monoisotopic (exact) mass is 163 g/mol. The fourth-order valence-electron chi connectivity index (χ4n) is 1.05. The first-order valence-corrected chi connectivity index (χ1v) is 4.89. The highest BCUT2D eigenvalue weighted by Gasteiger charge is 2.16. The molecule has 1 saturated heterocycles. The highest BCUT2D eigenvalue weighted by Crippen LogP contribution is 1.96. The van der Waals surface area contributed by atoms with E-state index < -0.39 is 10.8 Å². The Balaban J connectivity index is 2.25. The molecule has 4 heteroatoms. The molecule has 1 rings (SSSR count). The van der Waals surface area contributed by atoms with Gasteiger partial charge in [-0.2, -0.15) is 0 Å². The topological polar surface area (TPSA) is 38.3 Å². The minimum atomic E-state index is -0.614. The Bertz CT molecular complexity index is 127. The molecule has 0 aromatic carbocycles. The van der Waals surface area contributed by atoms with Crippen molar-refractivity contribution in [2.45, 2.75) is 6.04 Å². The molecule has 0 saturated carbocycles. The van der Waals surface area contributed by atoms with E-state index in [1.165, 1.54) is 0 Å². The van der Waals surface area contributed by atoms with Gasteiger partial charge >= 0.3 is 0 Å². The summed E-state index contributed by atoms with van der Waals surface area (Å²) in [6, 6.07) is 0.305. The first-order chi connectivity index (χ1) is 4.83. The lowest BCUT2D eigenvalue weighted by molar-refractivity contribution is 0.173. The average Bonchev–Trinajstić information content (AvgIpc) is 1.88. The van der Waals surface area contributed by atoms with Crippen molar-refractivity contribution in [1.29, 1.82) is 0 Å². The molecule has 0 radical (unpaired) electrons. The largest absolute Gasteiger partial charge is 0.383 e. The molecule has 60 valence electrons. The van der Waals surface area contributed by atoms with E-state index in [9.17, 15) is 4.21 Å². The smallest absolute Gasteiger partial charge is 0.0624 e. The number of nitrogens with one attached hydrogen (secondary N) is 1. The predicted molar refractivity (Wildman–Crippen MR) is 41.5 cm³/mol. The SMILES string of the molecule is COCC1CS(=O)CCN1. The van der Waals surface area contributed by atoms with Crippen LogP contribution in [0, 0.1) is 0 Å². The standard InChI is InChI=1S/C6H13NO2S/c1-9-4-6-5-10(8)3-2-7-6/h6-7H,2-5H2,1H3. The van der Waals surface area contributed by atoms with Gasteiger partial charge in [0.2, 0.25) is 0 Å². The van der Waals surface area contributed by atoms with Gasteiger partial charge in [-0.3, -0.25) is 4.21 Å². The molecule has 0 spiro atoms. The Morgan fingerprint density at radius 3 is 3.20 bits per heavy atom. The van der Waals surface area contributed by atoms with Gasteiger partial charge in [-0.05, 0) is 0 Å². The third kappa shape index (κ3) is 2.36. The molecule has 3 nitrogen and oxygen atoms in total. The molecule has 1 N–H and O–H groups in total. The molecule has 1 fully saturated rings. The third-order valence-corrected chi connectivity index (χ3v) is 2.95. The van der Waals surface area contributed by atoms with Crippen LogP contribution in [-0.4, -0.2) is 42.0 Å². The van der Waals surface area contributed by atoms with Crippen LogP contribution >= 0.6 is 0 Å². The molecule has 0 aromatic rings. The molecule has 0 aliphatic carbocycles. The van der Waals surface area contributed by atoms with Gasteiger partial charge in [-0.25, -0.2) is 0 Å². The van der Waals surface area contributed by atoms with Gasteiger partial charge < -0.3 is 10.1 Å². The summed E-state index contributed by atoms with van der Waals surface area (Å²) in [5, 5.41) is 3.23. The average molecular weight is 163 g/mol. The molecule has 1 aliphatic rings. The summed E-state index contributed by atoms with van der Waals surface area (Å²) in [5.74, 6) is 1.54. The van der Waals surface area contributed by atoms with E-state index in [0.717, 1.165) is 18.1 Å². The Morgan fingerprint density at radius 1 is 1.80 bits per heavy atom. The minimum Gasteiger partial charge on any atom is -0.383 e. The van der Waals surface area contributed by atoms with Crippen LogP contribution in [0.15, 0.2) is 0 Å². The molecule has 1 aliphatic heterocycles. The first kappa shape index (κ1) is 8.17. The third-order valence-electron chi connectivity index (χ3n) is 1.52. The molecule has 1 heterocycles. The predicted octanol–water partition coefficient (Wildman–Crippen LogP) is -0.647. The van der Waals surface area contributed by atoms with Gasteiger partial charge in [-0.1, -0.05) is 0 Å². The maximum atomic E-state index is 11.0. The lowest BCUT2D eigenvalue weighted by Gasteiger charge is -2.21. The van der Waals surface area contributed by atoms with Crippen LogP contribution in [0.1, 0.15) is 0 Å². The van der Waals surface area contributed by atoms with Crippen LogP contribution in [0.25, 0.3) is 0 Å². The summed E-state index contributed by atoms with van der Waals surface area (Å²) >= 11 is 0. The van der Waals surface area contributed by atoms with Crippen molar-refractivity contribution in [2.75, 3.05) is 31.8 Å². The molecular formula is C6H13NO2S. The van der Waals surface area contributed by atoms with Crippen LogP contribution in [-0.2, 0) is 15.5 Å². The Kier molecular flexibility index (Phi) is 3.31. The lowest BCUT2D eigenvalue weighted by atomic mass is 10.3. The summed E-state index contributed by atoms with van der Waals surface area (Å²) in [6.07, 6.45) is 0. The van der Waals surface area contributed by atoms with Crippen molar-refractivity contribution >= 4 is 10.8 Å². The van der Waals surface area contributed by atoms with Gasteiger partial charge in [0.15, 0.2) is 0 Å². The molecule has 0 aromatic heterocycles. The zero-order chi connectivity index (χ0) is 7.40. The Labute approximate surface area is 63.6 Å². The highest BCUT2D eigenvalue weighted by atomic mass is 32.2. The minimum absolute atomic E-state index is 0.305. The molecule has 2 atom stereocenters. The van der Waals surface area contributed by atoms with E-state index in [4.69, 9.17) is 4.74 Å². The summed E-state index contributed by atoms with van der Waals surface area (Å²) in [5.41, 5.74) is 0. The number of rotatable bonds is 2. The quantitative estimate of drug-likeness (QED) is 0.588. The van der Waals surface area contributed by atoms with Crippen LogP contribution < -0.4 is 5.32 Å². The molecule has 0 amide bonds. The molecule has 0 bridgehead atoms. The van der Waals surface area contributed by atoms with Crippen LogP contribution in [0.2, 0.25) is 0 Å². The number of hydrogen-bond donors (Lipinski definition) is 1. The first-order valence-electron chi connectivity index (χ1n) is 3.40. The van der Waals surface area contributed by atoms with E-state index in [0.29, 0.717) is 12.6 Å². The lowest BCUT2D eigenvalue weighted by Crippen LogP contribution is -2.45. The number of ether oxygens (including phenoxy) is 1. The van der Waals surface area contributed by atoms with Gasteiger partial charge in [0.25, 0.3) is 0 Å². The van der Waals surface area contributed by atoms with Crippen molar-refractivity contribution in [2.24, 2.45) is 0 Å². The highest BCUT2D eigenvalue weighted by molar-refractivity contribution is 7.85. The number of hydrogen-bond acceptors (Lipinski definition) is 3. The Hall–Kier alpha value is 0.0700. The second kappa shape index (κ2) is 4.05. The van der Waals surface area contributed by atoms with Gasteiger partial charge in [0.1, 0.15) is 0 Å². The second-order valence-electron chi connectivity index (χ2n) is 2.42. The van der Waals surface area contributed by atoms with Crippen molar-refractivity contribution in [1.82, 2.24) is 5.32 Å². The van der Waals surface area contributed by atoms with Crippen molar-refractivity contribution in [3.8, 4) is 0 Å². The van der Waals surface area contributed by atoms with Crippen molar-refractivity contribution in [3.05, 3.63) is 0 Å². The summed E-state index contributed by atoms with van der Waals surface area (Å²) in [7, 11) is 1.05. The van der Waals surface area contributed by atoms with Crippen LogP contribution in [0.3, 0.4) is 0 Å². The van der Waals surface area contributed by atoms with Gasteiger partial charge in [0, 0.05) is 42.0 Å². The maximum Gasteiger partial charge on any atom is 0.0624 e. The Morgan fingerprint density at radius 2 is 2.60 bits per heavy atom. The number of methoxy groups -OCH3 is 1.